The molecule has 20 heavy (non-hydrogen) atoms. The summed E-state index contributed by atoms with van der Waals surface area (Å²) in [6.07, 6.45) is 1.47. The van der Waals surface area contributed by atoms with E-state index in [9.17, 15) is 14.3 Å². The lowest BCUT2D eigenvalue weighted by molar-refractivity contribution is 0.0817. The molecule has 1 heterocycles. The Morgan fingerprint density at radius 1 is 1.45 bits per heavy atom. The van der Waals surface area contributed by atoms with Gasteiger partial charge in [0.15, 0.2) is 0 Å². The van der Waals surface area contributed by atoms with Crippen molar-refractivity contribution < 1.29 is 14.3 Å². The van der Waals surface area contributed by atoms with Crippen LogP contribution in [0, 0.1) is 5.82 Å². The molecule has 0 atom stereocenters. The molecule has 1 aromatic carbocycles. The van der Waals surface area contributed by atoms with Crippen molar-refractivity contribution in [2.24, 2.45) is 0 Å². The van der Waals surface area contributed by atoms with Gasteiger partial charge < -0.3 is 15.7 Å². The number of halogens is 1. The zero-order valence-corrected chi connectivity index (χ0v) is 12.2. The van der Waals surface area contributed by atoms with Crippen LogP contribution in [0.25, 0.3) is 0 Å². The van der Waals surface area contributed by atoms with Gasteiger partial charge in [0, 0.05) is 12.6 Å². The van der Waals surface area contributed by atoms with Gasteiger partial charge in [0.2, 0.25) is 0 Å². The van der Waals surface area contributed by atoms with E-state index in [1.54, 1.807) is 13.1 Å². The highest BCUT2D eigenvalue weighted by Gasteiger charge is 2.33. The third-order valence-corrected chi connectivity index (χ3v) is 4.62. The van der Waals surface area contributed by atoms with Gasteiger partial charge in [0.25, 0.3) is 5.91 Å². The lowest BCUT2D eigenvalue weighted by Gasteiger charge is -2.36. The van der Waals surface area contributed by atoms with Gasteiger partial charge in [-0.3, -0.25) is 4.79 Å². The van der Waals surface area contributed by atoms with Gasteiger partial charge in [-0.2, -0.15) is 11.8 Å². The maximum atomic E-state index is 13.7. The molecule has 1 saturated heterocycles. The summed E-state index contributed by atoms with van der Waals surface area (Å²) in [6, 6.07) is 4.32. The number of rotatable bonds is 4. The molecule has 4 nitrogen and oxygen atoms in total. The van der Waals surface area contributed by atoms with Crippen LogP contribution in [0.5, 0.6) is 0 Å². The molecule has 1 aliphatic rings. The predicted molar refractivity (Wildman–Crippen MR) is 79.8 cm³/mol. The molecule has 3 N–H and O–H groups in total. The van der Waals surface area contributed by atoms with Crippen molar-refractivity contribution >= 4 is 23.4 Å². The largest absolute Gasteiger partial charge is 0.394 e. The number of hydrogen-bond acceptors (Lipinski definition) is 4. The first-order valence-electron chi connectivity index (χ1n) is 6.59. The maximum absolute atomic E-state index is 13.7. The fourth-order valence-electron chi connectivity index (χ4n) is 2.26. The van der Waals surface area contributed by atoms with Crippen LogP contribution in [0.3, 0.4) is 0 Å². The molecule has 1 amide bonds. The van der Waals surface area contributed by atoms with E-state index in [1.807, 2.05) is 11.8 Å². The fraction of sp³-hybridized carbons (Fsp3) is 0.500. The van der Waals surface area contributed by atoms with Crippen molar-refractivity contribution in [3.05, 3.63) is 29.6 Å². The minimum atomic E-state index is -0.569. The Morgan fingerprint density at radius 3 is 2.70 bits per heavy atom. The van der Waals surface area contributed by atoms with Crippen molar-refractivity contribution in [3.63, 3.8) is 0 Å². The zero-order valence-electron chi connectivity index (χ0n) is 11.4. The van der Waals surface area contributed by atoms with Crippen molar-refractivity contribution in [2.45, 2.75) is 18.4 Å². The quantitative estimate of drug-likeness (QED) is 0.794. The molecular weight excluding hydrogens is 279 g/mol. The summed E-state index contributed by atoms with van der Waals surface area (Å²) < 4.78 is 13.7. The molecule has 0 bridgehead atoms. The minimum absolute atomic E-state index is 0.0869. The first-order valence-corrected chi connectivity index (χ1v) is 7.74. The third-order valence-electron chi connectivity index (χ3n) is 3.63. The van der Waals surface area contributed by atoms with E-state index < -0.39 is 11.4 Å². The van der Waals surface area contributed by atoms with Crippen LogP contribution in [0.2, 0.25) is 0 Å². The van der Waals surface area contributed by atoms with Gasteiger partial charge in [-0.15, -0.1) is 0 Å². The average Bonchev–Trinajstić information content (AvgIpc) is 2.48. The number of anilines is 1. The molecule has 0 spiro atoms. The number of aliphatic hydroxyl groups excluding tert-OH is 1. The average molecular weight is 298 g/mol. The number of amides is 1. The summed E-state index contributed by atoms with van der Waals surface area (Å²) in [4.78, 5) is 12.2. The summed E-state index contributed by atoms with van der Waals surface area (Å²) in [5.41, 5.74) is 0.0561. The molecular formula is C14H19FN2O2S. The molecule has 0 aromatic heterocycles. The number of benzene rings is 1. The first kappa shape index (κ1) is 15.1. The number of hydrogen-bond donors (Lipinski definition) is 3. The molecule has 1 aliphatic heterocycles. The van der Waals surface area contributed by atoms with Crippen molar-refractivity contribution in [2.75, 3.05) is 30.5 Å². The van der Waals surface area contributed by atoms with Crippen LogP contribution >= 0.6 is 11.8 Å². The van der Waals surface area contributed by atoms with Crippen LogP contribution in [0.4, 0.5) is 10.1 Å². The summed E-state index contributed by atoms with van der Waals surface area (Å²) in [5, 5.41) is 15.2. The summed E-state index contributed by atoms with van der Waals surface area (Å²) in [6.45, 7) is -0.0869. The number of carbonyl (C=O) groups is 1. The monoisotopic (exact) mass is 298 g/mol. The number of nitrogens with one attached hydrogen (secondary N) is 2. The van der Waals surface area contributed by atoms with Crippen molar-refractivity contribution in [1.82, 2.24) is 5.32 Å². The van der Waals surface area contributed by atoms with Crippen LogP contribution in [0.15, 0.2) is 18.2 Å². The van der Waals surface area contributed by atoms with Crippen LogP contribution < -0.4 is 10.6 Å². The van der Waals surface area contributed by atoms with Crippen LogP contribution in [-0.4, -0.2) is 41.7 Å². The molecule has 0 aliphatic carbocycles. The number of thioether (sulfide) groups is 1. The zero-order chi connectivity index (χ0) is 14.6. The van der Waals surface area contributed by atoms with Gasteiger partial charge in [-0.25, -0.2) is 4.39 Å². The standard InChI is InChI=1S/C14H19FN2O2S/c1-16-12-3-2-10(8-11(12)15)13(19)17-14(9-18)4-6-20-7-5-14/h2-3,8,16,18H,4-7,9H2,1H3,(H,17,19). The molecule has 6 heteroatoms. The van der Waals surface area contributed by atoms with Crippen LogP contribution in [0.1, 0.15) is 23.2 Å². The van der Waals surface area contributed by atoms with E-state index in [0.29, 0.717) is 5.69 Å². The van der Waals surface area contributed by atoms with Gasteiger partial charge >= 0.3 is 0 Å². The molecule has 1 fully saturated rings. The summed E-state index contributed by atoms with van der Waals surface area (Å²) in [7, 11) is 1.62. The Bertz CT molecular complexity index is 490. The lowest BCUT2D eigenvalue weighted by atomic mass is 9.92. The topological polar surface area (TPSA) is 61.4 Å². The second-order valence-corrected chi connectivity index (χ2v) is 6.17. The van der Waals surface area contributed by atoms with E-state index in [1.165, 1.54) is 12.1 Å². The molecule has 2 rings (SSSR count). The Kier molecular flexibility index (Phi) is 4.88. The first-order chi connectivity index (χ1) is 9.60. The van der Waals surface area contributed by atoms with E-state index in [0.717, 1.165) is 24.3 Å². The Labute approximate surface area is 122 Å². The third kappa shape index (κ3) is 3.24. The molecule has 0 saturated carbocycles. The van der Waals surface area contributed by atoms with Gasteiger partial charge in [-0.1, -0.05) is 0 Å². The second-order valence-electron chi connectivity index (χ2n) is 4.95. The van der Waals surface area contributed by atoms with Crippen LogP contribution in [-0.2, 0) is 0 Å². The van der Waals surface area contributed by atoms with Gasteiger partial charge in [0.05, 0.1) is 17.8 Å². The lowest BCUT2D eigenvalue weighted by Crippen LogP contribution is -2.53. The van der Waals surface area contributed by atoms with E-state index in [4.69, 9.17) is 0 Å². The number of aliphatic hydroxyl groups is 1. The second kappa shape index (κ2) is 6.45. The molecule has 110 valence electrons. The van der Waals surface area contributed by atoms with Crippen molar-refractivity contribution in [3.8, 4) is 0 Å². The maximum Gasteiger partial charge on any atom is 0.251 e. The number of carbonyl (C=O) groups excluding carboxylic acids is 1. The van der Waals surface area contributed by atoms with E-state index >= 15 is 0 Å². The van der Waals surface area contributed by atoms with E-state index in [2.05, 4.69) is 10.6 Å². The van der Waals surface area contributed by atoms with Gasteiger partial charge in [0.1, 0.15) is 5.82 Å². The summed E-state index contributed by atoms with van der Waals surface area (Å²) in [5.74, 6) is 1.02. The molecule has 1 aromatic rings. The van der Waals surface area contributed by atoms with E-state index in [-0.39, 0.29) is 18.1 Å². The van der Waals surface area contributed by atoms with Gasteiger partial charge in [-0.05, 0) is 42.5 Å². The highest BCUT2D eigenvalue weighted by atomic mass is 32.2. The fourth-order valence-corrected chi connectivity index (χ4v) is 3.53. The minimum Gasteiger partial charge on any atom is -0.394 e. The molecule has 0 unspecified atom stereocenters. The Hall–Kier alpha value is -1.27. The smallest absolute Gasteiger partial charge is 0.251 e. The predicted octanol–water partition coefficient (Wildman–Crippen LogP) is 1.86. The normalized spacial score (nSPS) is 17.6. The van der Waals surface area contributed by atoms with Crippen molar-refractivity contribution in [1.29, 1.82) is 0 Å². The highest BCUT2D eigenvalue weighted by molar-refractivity contribution is 7.99. The SMILES string of the molecule is CNc1ccc(C(=O)NC2(CO)CCSCC2)cc1F. The molecule has 0 radical (unpaired) electrons. The summed E-state index contributed by atoms with van der Waals surface area (Å²) >= 11 is 1.81. The Morgan fingerprint density at radius 2 is 2.15 bits per heavy atom. The highest BCUT2D eigenvalue weighted by Crippen LogP contribution is 2.27. The Balaban J connectivity index is 2.12.